The lowest BCUT2D eigenvalue weighted by atomic mass is 10.0. The van der Waals surface area contributed by atoms with Gasteiger partial charge in [0.2, 0.25) is 10.0 Å². The highest BCUT2D eigenvalue weighted by molar-refractivity contribution is 7.92. The Bertz CT molecular complexity index is 1600. The predicted octanol–water partition coefficient (Wildman–Crippen LogP) is 5.30. The minimum Gasteiger partial charge on any atom is -0.454 e. The molecule has 2 heterocycles. The van der Waals surface area contributed by atoms with Crippen molar-refractivity contribution in [2.24, 2.45) is 7.05 Å². The van der Waals surface area contributed by atoms with E-state index in [1.165, 1.54) is 42.9 Å². The second-order valence-electron chi connectivity index (χ2n) is 7.67. The Balaban J connectivity index is 1.97. The zero-order valence-electron chi connectivity index (χ0n) is 18.4. The maximum Gasteiger partial charge on any atom is 0.278 e. The first-order valence-corrected chi connectivity index (χ1v) is 11.9. The maximum atomic E-state index is 14.3. The number of nitrogens with zero attached hydrogens (tertiary/aromatic N) is 1. The maximum absolute atomic E-state index is 14.3. The van der Waals surface area contributed by atoms with E-state index in [9.17, 15) is 30.8 Å². The van der Waals surface area contributed by atoms with Gasteiger partial charge in [0.1, 0.15) is 11.6 Å². The second-order valence-corrected chi connectivity index (χ2v) is 9.68. The van der Waals surface area contributed by atoms with Crippen LogP contribution in [0.2, 0.25) is 0 Å². The topological polar surface area (TPSA) is 93.2 Å². The lowest BCUT2D eigenvalue weighted by Crippen LogP contribution is -2.16. The van der Waals surface area contributed by atoms with E-state index >= 15 is 0 Å². The third kappa shape index (κ3) is 4.87. The molecule has 4 rings (SSSR count). The SMILES string of the molecule is CCS(=O)(=O)Nc1ccc(Oc2ccc(F)cc2F)c(-c2cn(C)c(=O)c3cc(C(F)F)[nH]c23)c1. The van der Waals surface area contributed by atoms with Crippen molar-refractivity contribution in [2.75, 3.05) is 10.5 Å². The summed E-state index contributed by atoms with van der Waals surface area (Å²) in [6, 6.07) is 7.81. The van der Waals surface area contributed by atoms with Crippen molar-refractivity contribution in [3.8, 4) is 22.6 Å². The van der Waals surface area contributed by atoms with E-state index in [0.29, 0.717) is 6.07 Å². The Kier molecular flexibility index (Phi) is 6.32. The number of benzene rings is 2. The monoisotopic (exact) mass is 509 g/mol. The summed E-state index contributed by atoms with van der Waals surface area (Å²) in [6.07, 6.45) is -1.52. The number of fused-ring (bicyclic) bond motifs is 1. The minimum absolute atomic E-state index is 0.00287. The van der Waals surface area contributed by atoms with Crippen molar-refractivity contribution >= 4 is 26.6 Å². The van der Waals surface area contributed by atoms with Gasteiger partial charge >= 0.3 is 0 Å². The molecule has 12 heteroatoms. The first-order chi connectivity index (χ1) is 16.5. The van der Waals surface area contributed by atoms with Crippen molar-refractivity contribution < 1.29 is 30.7 Å². The van der Waals surface area contributed by atoms with Gasteiger partial charge in [0.15, 0.2) is 11.6 Å². The van der Waals surface area contributed by atoms with Crippen LogP contribution in [0.5, 0.6) is 11.5 Å². The highest BCUT2D eigenvalue weighted by Crippen LogP contribution is 2.39. The molecule has 0 aliphatic carbocycles. The Morgan fingerprint density at radius 1 is 1.06 bits per heavy atom. The van der Waals surface area contributed by atoms with Crippen molar-refractivity contribution in [3.05, 3.63) is 76.3 Å². The largest absolute Gasteiger partial charge is 0.454 e. The van der Waals surface area contributed by atoms with Gasteiger partial charge in [-0.2, -0.15) is 0 Å². The summed E-state index contributed by atoms with van der Waals surface area (Å²) >= 11 is 0. The molecule has 2 N–H and O–H groups in total. The lowest BCUT2D eigenvalue weighted by molar-refractivity contribution is 0.147. The fourth-order valence-electron chi connectivity index (χ4n) is 3.51. The van der Waals surface area contributed by atoms with Crippen LogP contribution in [0.3, 0.4) is 0 Å². The third-order valence-electron chi connectivity index (χ3n) is 5.25. The van der Waals surface area contributed by atoms with Crippen LogP contribution in [-0.2, 0) is 17.1 Å². The summed E-state index contributed by atoms with van der Waals surface area (Å²) in [5.41, 5.74) is -0.474. The number of hydrogen-bond acceptors (Lipinski definition) is 4. The number of anilines is 1. The lowest BCUT2D eigenvalue weighted by Gasteiger charge is -2.16. The highest BCUT2D eigenvalue weighted by Gasteiger charge is 2.21. The van der Waals surface area contributed by atoms with Crippen LogP contribution >= 0.6 is 0 Å². The van der Waals surface area contributed by atoms with E-state index in [-0.39, 0.29) is 45.0 Å². The molecule has 7 nitrogen and oxygen atoms in total. The van der Waals surface area contributed by atoms with Crippen LogP contribution in [0, 0.1) is 11.6 Å². The second kappa shape index (κ2) is 9.10. The Labute approximate surface area is 197 Å². The number of aryl methyl sites for hydroxylation is 1. The number of halogens is 4. The number of rotatable bonds is 7. The van der Waals surface area contributed by atoms with Crippen molar-refractivity contribution in [1.82, 2.24) is 9.55 Å². The number of H-pyrrole nitrogens is 1. The molecular weight excluding hydrogens is 490 g/mol. The quantitative estimate of drug-likeness (QED) is 0.331. The van der Waals surface area contributed by atoms with E-state index in [2.05, 4.69) is 9.71 Å². The van der Waals surface area contributed by atoms with Gasteiger partial charge in [-0.15, -0.1) is 0 Å². The first-order valence-electron chi connectivity index (χ1n) is 10.3. The average Bonchev–Trinajstić information content (AvgIpc) is 3.25. The minimum atomic E-state index is -3.67. The number of alkyl halides is 2. The molecular formula is C23H19F4N3O4S. The zero-order valence-corrected chi connectivity index (χ0v) is 19.2. The molecule has 2 aromatic carbocycles. The number of nitrogens with one attached hydrogen (secondary N) is 2. The molecule has 35 heavy (non-hydrogen) atoms. The molecule has 0 fully saturated rings. The number of pyridine rings is 1. The normalized spacial score (nSPS) is 11.9. The molecule has 0 aliphatic heterocycles. The Hall–Kier alpha value is -3.80. The van der Waals surface area contributed by atoms with Crippen LogP contribution in [0.15, 0.2) is 53.5 Å². The van der Waals surface area contributed by atoms with Crippen molar-refractivity contribution in [3.63, 3.8) is 0 Å². The zero-order chi connectivity index (χ0) is 25.5. The standard InChI is InChI=1S/C23H19F4N3O4S/c1-3-35(32,33)29-13-5-7-19(34-20-6-4-12(24)8-17(20)25)14(9-13)16-11-30(2)23(31)15-10-18(22(26)27)28-21(15)16/h4-11,22,28-29H,3H2,1-2H3. The summed E-state index contributed by atoms with van der Waals surface area (Å²) in [6.45, 7) is 1.44. The van der Waals surface area contributed by atoms with E-state index < -0.39 is 39.3 Å². The molecule has 4 aromatic rings. The van der Waals surface area contributed by atoms with Crippen LogP contribution in [-0.4, -0.2) is 23.7 Å². The summed E-state index contributed by atoms with van der Waals surface area (Å²) in [4.78, 5) is 15.1. The Morgan fingerprint density at radius 3 is 2.43 bits per heavy atom. The van der Waals surface area contributed by atoms with Gasteiger partial charge in [-0.05, 0) is 43.3 Å². The van der Waals surface area contributed by atoms with Gasteiger partial charge in [-0.3, -0.25) is 9.52 Å². The van der Waals surface area contributed by atoms with Crippen LogP contribution in [0.1, 0.15) is 19.0 Å². The van der Waals surface area contributed by atoms with Crippen LogP contribution in [0.25, 0.3) is 22.0 Å². The molecule has 0 bridgehead atoms. The fraction of sp³-hybridized carbons (Fsp3) is 0.174. The van der Waals surface area contributed by atoms with E-state index in [1.54, 1.807) is 0 Å². The van der Waals surface area contributed by atoms with Gasteiger partial charge in [-0.1, -0.05) is 0 Å². The van der Waals surface area contributed by atoms with Gasteiger partial charge in [-0.25, -0.2) is 26.0 Å². The van der Waals surface area contributed by atoms with Crippen molar-refractivity contribution in [1.29, 1.82) is 0 Å². The third-order valence-corrected chi connectivity index (χ3v) is 6.56. The van der Waals surface area contributed by atoms with Crippen LogP contribution < -0.4 is 15.0 Å². The number of hydrogen-bond donors (Lipinski definition) is 2. The number of ether oxygens (including phenoxy) is 1. The molecule has 0 amide bonds. The molecule has 0 atom stereocenters. The molecule has 0 radical (unpaired) electrons. The molecule has 2 aromatic heterocycles. The van der Waals surface area contributed by atoms with E-state index in [4.69, 9.17) is 4.74 Å². The van der Waals surface area contributed by atoms with Gasteiger partial charge in [0.05, 0.1) is 22.3 Å². The summed E-state index contributed by atoms with van der Waals surface area (Å²) in [5, 5.41) is -0.0289. The summed E-state index contributed by atoms with van der Waals surface area (Å²) < 4.78 is 87.8. The first kappa shape index (κ1) is 24.3. The van der Waals surface area contributed by atoms with E-state index in [1.807, 2.05) is 0 Å². The molecule has 0 unspecified atom stereocenters. The van der Waals surface area contributed by atoms with Crippen molar-refractivity contribution in [2.45, 2.75) is 13.3 Å². The van der Waals surface area contributed by atoms with Gasteiger partial charge < -0.3 is 14.3 Å². The van der Waals surface area contributed by atoms with Gasteiger partial charge in [0.25, 0.3) is 12.0 Å². The fourth-order valence-corrected chi connectivity index (χ4v) is 4.14. The number of sulfonamides is 1. The number of aromatic nitrogens is 2. The van der Waals surface area contributed by atoms with Crippen LogP contribution in [0.4, 0.5) is 23.2 Å². The van der Waals surface area contributed by atoms with Gasteiger partial charge in [0, 0.05) is 36.1 Å². The summed E-state index contributed by atoms with van der Waals surface area (Å²) in [7, 11) is -2.25. The predicted molar refractivity (Wildman–Crippen MR) is 123 cm³/mol. The smallest absolute Gasteiger partial charge is 0.278 e. The molecule has 184 valence electrons. The highest BCUT2D eigenvalue weighted by atomic mass is 32.2. The number of aromatic amines is 1. The summed E-state index contributed by atoms with van der Waals surface area (Å²) in [5.74, 6) is -2.33. The molecule has 0 aliphatic rings. The average molecular weight is 509 g/mol. The molecule has 0 saturated carbocycles. The molecule has 0 saturated heterocycles. The Morgan fingerprint density at radius 2 is 1.77 bits per heavy atom. The molecule has 0 spiro atoms. The van der Waals surface area contributed by atoms with E-state index in [0.717, 1.165) is 18.2 Å².